The normalized spacial score (nSPS) is 14.2. The zero-order valence-electron chi connectivity index (χ0n) is 11.9. The van der Waals surface area contributed by atoms with Crippen molar-refractivity contribution in [1.29, 1.82) is 0 Å². The molecule has 1 aromatic rings. The molecule has 0 unspecified atom stereocenters. The molecule has 0 radical (unpaired) electrons. The number of benzene rings is 1. The maximum absolute atomic E-state index is 11.8. The molecule has 3 nitrogen and oxygen atoms in total. The number of rotatable bonds is 5. The van der Waals surface area contributed by atoms with Crippen LogP contribution >= 0.6 is 12.4 Å². The van der Waals surface area contributed by atoms with E-state index in [4.69, 9.17) is 0 Å². The van der Waals surface area contributed by atoms with Gasteiger partial charge in [0.25, 0.3) is 0 Å². The first-order valence-corrected chi connectivity index (χ1v) is 6.95. The summed E-state index contributed by atoms with van der Waals surface area (Å²) >= 11 is 0. The first kappa shape index (κ1) is 16.7. The quantitative estimate of drug-likeness (QED) is 0.819. The van der Waals surface area contributed by atoms with Gasteiger partial charge in [0, 0.05) is 19.5 Å². The summed E-state index contributed by atoms with van der Waals surface area (Å²) in [5.41, 5.74) is 3.82. The van der Waals surface area contributed by atoms with E-state index < -0.39 is 0 Å². The van der Waals surface area contributed by atoms with Crippen molar-refractivity contribution >= 4 is 18.3 Å². The van der Waals surface area contributed by atoms with Gasteiger partial charge in [-0.3, -0.25) is 4.79 Å². The van der Waals surface area contributed by atoms with Crippen molar-refractivity contribution in [1.82, 2.24) is 10.6 Å². The van der Waals surface area contributed by atoms with Crippen molar-refractivity contribution in [2.75, 3.05) is 19.6 Å². The maximum atomic E-state index is 11.8. The molecule has 4 heteroatoms. The molecule has 0 bridgehead atoms. The van der Waals surface area contributed by atoms with Crippen molar-refractivity contribution in [2.45, 2.75) is 26.2 Å². The van der Waals surface area contributed by atoms with Crippen LogP contribution in [0, 0.1) is 6.92 Å². The van der Waals surface area contributed by atoms with E-state index in [2.05, 4.69) is 47.9 Å². The number of aryl methyl sites for hydroxylation is 2. The number of carbonyl (C=O) groups excluding carboxylic acids is 1. The van der Waals surface area contributed by atoms with Gasteiger partial charge in [-0.25, -0.2) is 0 Å². The second-order valence-corrected chi connectivity index (χ2v) is 5.08. The second-order valence-electron chi connectivity index (χ2n) is 5.08. The molecule has 0 saturated carbocycles. The lowest BCUT2D eigenvalue weighted by atomic mass is 10.1. The Morgan fingerprint density at radius 2 is 2.05 bits per heavy atom. The fraction of sp³-hybridized carbons (Fsp3) is 0.438. The summed E-state index contributed by atoms with van der Waals surface area (Å²) in [5, 5.41) is 6.26. The maximum Gasteiger partial charge on any atom is 0.220 e. The number of hydrogen-bond acceptors (Lipinski definition) is 2. The number of nitrogens with one attached hydrogen (secondary N) is 2. The number of halogens is 1. The molecule has 0 aliphatic carbocycles. The summed E-state index contributed by atoms with van der Waals surface area (Å²) in [5.74, 6) is 0.139. The van der Waals surface area contributed by atoms with E-state index in [0.29, 0.717) is 13.0 Å². The second kappa shape index (κ2) is 8.77. The predicted molar refractivity (Wildman–Crippen MR) is 85.3 cm³/mol. The van der Waals surface area contributed by atoms with E-state index in [9.17, 15) is 4.79 Å². The standard InChI is InChI=1S/C16H22N2O.ClH/c1-13-2-4-14(5-3-13)6-7-16(19)18-12-15-8-10-17-11-9-15;/h2-5,8,17H,6-7,9-12H2,1H3,(H,18,19);1H. The Labute approximate surface area is 127 Å². The molecule has 0 fully saturated rings. The first-order valence-electron chi connectivity index (χ1n) is 6.95. The fourth-order valence-electron chi connectivity index (χ4n) is 2.14. The van der Waals surface area contributed by atoms with Gasteiger partial charge in [0.2, 0.25) is 5.91 Å². The van der Waals surface area contributed by atoms with Crippen LogP contribution in [-0.2, 0) is 11.2 Å². The molecule has 0 aromatic heterocycles. The van der Waals surface area contributed by atoms with Crippen molar-refractivity contribution in [3.05, 3.63) is 47.0 Å². The molecule has 1 heterocycles. The van der Waals surface area contributed by atoms with Crippen LogP contribution in [0.3, 0.4) is 0 Å². The number of hydrogen-bond donors (Lipinski definition) is 2. The summed E-state index contributed by atoms with van der Waals surface area (Å²) in [6.07, 6.45) is 4.59. The lowest BCUT2D eigenvalue weighted by Gasteiger charge is -2.14. The van der Waals surface area contributed by atoms with Crippen molar-refractivity contribution in [3.63, 3.8) is 0 Å². The monoisotopic (exact) mass is 294 g/mol. The van der Waals surface area contributed by atoms with Gasteiger partial charge in [0.1, 0.15) is 0 Å². The first-order chi connectivity index (χ1) is 9.24. The molecule has 20 heavy (non-hydrogen) atoms. The Balaban J connectivity index is 0.00000200. The highest BCUT2D eigenvalue weighted by Gasteiger charge is 2.06. The zero-order chi connectivity index (χ0) is 13.5. The Morgan fingerprint density at radius 1 is 1.30 bits per heavy atom. The molecular weight excluding hydrogens is 272 g/mol. The highest BCUT2D eigenvalue weighted by Crippen LogP contribution is 2.06. The van der Waals surface area contributed by atoms with E-state index in [1.165, 1.54) is 16.7 Å². The third-order valence-corrected chi connectivity index (χ3v) is 3.43. The van der Waals surface area contributed by atoms with E-state index in [1.54, 1.807) is 0 Å². The largest absolute Gasteiger partial charge is 0.352 e. The van der Waals surface area contributed by atoms with Crippen LogP contribution in [0.5, 0.6) is 0 Å². The van der Waals surface area contributed by atoms with Crippen LogP contribution in [0.4, 0.5) is 0 Å². The molecule has 1 aliphatic rings. The SMILES string of the molecule is Cc1ccc(CCC(=O)NCC2=CCNCC2)cc1.Cl. The van der Waals surface area contributed by atoms with Gasteiger partial charge in [0.15, 0.2) is 0 Å². The summed E-state index contributed by atoms with van der Waals surface area (Å²) in [4.78, 5) is 11.8. The average molecular weight is 295 g/mol. The van der Waals surface area contributed by atoms with Gasteiger partial charge in [-0.2, -0.15) is 0 Å². The van der Waals surface area contributed by atoms with Gasteiger partial charge < -0.3 is 10.6 Å². The molecule has 1 amide bonds. The third-order valence-electron chi connectivity index (χ3n) is 3.43. The summed E-state index contributed by atoms with van der Waals surface area (Å²) in [6, 6.07) is 8.37. The minimum Gasteiger partial charge on any atom is -0.352 e. The van der Waals surface area contributed by atoms with Crippen LogP contribution in [-0.4, -0.2) is 25.5 Å². The molecule has 2 N–H and O–H groups in total. The van der Waals surface area contributed by atoms with Gasteiger partial charge >= 0.3 is 0 Å². The average Bonchev–Trinajstić information content (AvgIpc) is 2.45. The smallest absolute Gasteiger partial charge is 0.220 e. The lowest BCUT2D eigenvalue weighted by Crippen LogP contribution is -2.29. The molecule has 0 atom stereocenters. The summed E-state index contributed by atoms with van der Waals surface area (Å²) in [7, 11) is 0. The molecule has 0 spiro atoms. The highest BCUT2D eigenvalue weighted by atomic mass is 35.5. The Morgan fingerprint density at radius 3 is 2.70 bits per heavy atom. The third kappa shape index (κ3) is 5.76. The highest BCUT2D eigenvalue weighted by molar-refractivity contribution is 5.85. The Kier molecular flexibility index (Phi) is 7.34. The van der Waals surface area contributed by atoms with Crippen LogP contribution < -0.4 is 10.6 Å². The van der Waals surface area contributed by atoms with Gasteiger partial charge in [-0.05, 0) is 31.9 Å². The minimum atomic E-state index is 0. The Hall–Kier alpha value is -1.32. The molecule has 0 saturated heterocycles. The molecular formula is C16H23ClN2O. The lowest BCUT2D eigenvalue weighted by molar-refractivity contribution is -0.120. The Bertz CT molecular complexity index is 454. The molecule has 1 aliphatic heterocycles. The topological polar surface area (TPSA) is 41.1 Å². The van der Waals surface area contributed by atoms with Crippen LogP contribution in [0.25, 0.3) is 0 Å². The van der Waals surface area contributed by atoms with Gasteiger partial charge in [-0.1, -0.05) is 41.5 Å². The number of carbonyl (C=O) groups is 1. The van der Waals surface area contributed by atoms with Gasteiger partial charge in [-0.15, -0.1) is 12.4 Å². The minimum absolute atomic E-state index is 0. The summed E-state index contributed by atoms with van der Waals surface area (Å²) in [6.45, 7) is 4.72. The molecule has 2 rings (SSSR count). The predicted octanol–water partition coefficient (Wildman–Crippen LogP) is 2.39. The summed E-state index contributed by atoms with van der Waals surface area (Å²) < 4.78 is 0. The van der Waals surface area contributed by atoms with Crippen molar-refractivity contribution in [2.24, 2.45) is 0 Å². The van der Waals surface area contributed by atoms with E-state index >= 15 is 0 Å². The zero-order valence-corrected chi connectivity index (χ0v) is 12.8. The molecule has 110 valence electrons. The van der Waals surface area contributed by atoms with Crippen LogP contribution in [0.15, 0.2) is 35.9 Å². The number of amides is 1. The van der Waals surface area contributed by atoms with E-state index in [-0.39, 0.29) is 18.3 Å². The fourth-order valence-corrected chi connectivity index (χ4v) is 2.14. The van der Waals surface area contributed by atoms with Gasteiger partial charge in [0.05, 0.1) is 0 Å². The van der Waals surface area contributed by atoms with E-state index in [1.807, 2.05) is 0 Å². The van der Waals surface area contributed by atoms with Crippen molar-refractivity contribution in [3.8, 4) is 0 Å². The van der Waals surface area contributed by atoms with Crippen molar-refractivity contribution < 1.29 is 4.79 Å². The molecule has 1 aromatic carbocycles. The van der Waals surface area contributed by atoms with Crippen LogP contribution in [0.1, 0.15) is 24.0 Å². The van der Waals surface area contributed by atoms with E-state index in [0.717, 1.165) is 25.9 Å². The van der Waals surface area contributed by atoms with Crippen LogP contribution in [0.2, 0.25) is 0 Å².